The number of para-hydroxylation sites is 1. The molecule has 210 valence electrons. The van der Waals surface area contributed by atoms with Crippen LogP contribution in [0.25, 0.3) is 33.5 Å². The number of hydrogen-bond donors (Lipinski definition) is 0. The largest absolute Gasteiger partial charge is 0.490 e. The Morgan fingerprint density at radius 2 is 1.88 bits per heavy atom. The second kappa shape index (κ2) is 12.3. The molecule has 3 aromatic carbocycles. The predicted molar refractivity (Wildman–Crippen MR) is 164 cm³/mol. The van der Waals surface area contributed by atoms with Crippen molar-refractivity contribution in [3.05, 3.63) is 85.5 Å². The number of carbonyl (C=O) groups excluding carboxylic acids is 1. The zero-order valence-electron chi connectivity index (χ0n) is 22.4. The molecule has 2 heterocycles. The molecule has 0 amide bonds. The summed E-state index contributed by atoms with van der Waals surface area (Å²) in [6, 6.07) is 17.9. The molecule has 0 aliphatic carbocycles. The van der Waals surface area contributed by atoms with Crippen LogP contribution in [0, 0.1) is 0 Å². The molecule has 0 unspecified atom stereocenters. The summed E-state index contributed by atoms with van der Waals surface area (Å²) in [4.78, 5) is 30.5. The number of halogens is 2. The number of carbonyl (C=O) groups is 1. The summed E-state index contributed by atoms with van der Waals surface area (Å²) < 4.78 is 25.5. The number of aromatic nitrogens is 2. The molecular formula is C30H25Br2N3O6. The van der Waals surface area contributed by atoms with Crippen LogP contribution >= 0.6 is 31.9 Å². The van der Waals surface area contributed by atoms with E-state index in [4.69, 9.17) is 23.6 Å². The van der Waals surface area contributed by atoms with Gasteiger partial charge >= 0.3 is 5.97 Å². The first-order valence-corrected chi connectivity index (χ1v) is 14.4. The van der Waals surface area contributed by atoms with Crippen molar-refractivity contribution in [1.29, 1.82) is 0 Å². The van der Waals surface area contributed by atoms with Gasteiger partial charge in [-0.2, -0.15) is 9.78 Å². The fourth-order valence-corrected chi connectivity index (χ4v) is 4.95. The lowest BCUT2D eigenvalue weighted by Crippen LogP contribution is -2.26. The number of rotatable bonds is 9. The SMILES string of the molecule is CCOC(=O)[C@@H](C)Oc1cc(Br)c(C=Nn2c(-c3cc4cc(Br)ccc4o3)nc3ccccc3c2=O)cc1OCC. The molecule has 11 heteroatoms. The number of nitrogens with zero attached hydrogens (tertiary/aromatic N) is 3. The number of fused-ring (bicyclic) bond motifs is 2. The second-order valence-corrected chi connectivity index (χ2v) is 10.6. The van der Waals surface area contributed by atoms with Crippen molar-refractivity contribution in [1.82, 2.24) is 9.66 Å². The van der Waals surface area contributed by atoms with Gasteiger partial charge < -0.3 is 18.6 Å². The Kier molecular flexibility index (Phi) is 8.55. The smallest absolute Gasteiger partial charge is 0.347 e. The Balaban J connectivity index is 1.59. The third-order valence-corrected chi connectivity index (χ3v) is 7.23. The van der Waals surface area contributed by atoms with Gasteiger partial charge in [-0.1, -0.05) is 28.1 Å². The van der Waals surface area contributed by atoms with E-state index in [0.29, 0.717) is 50.4 Å². The maximum Gasteiger partial charge on any atom is 0.347 e. The maximum absolute atomic E-state index is 13.6. The van der Waals surface area contributed by atoms with Gasteiger partial charge in [0.1, 0.15) is 5.58 Å². The average molecular weight is 683 g/mol. The Morgan fingerprint density at radius 3 is 2.66 bits per heavy atom. The fourth-order valence-electron chi connectivity index (χ4n) is 4.14. The Labute approximate surface area is 252 Å². The van der Waals surface area contributed by atoms with E-state index >= 15 is 0 Å². The molecule has 0 aliphatic rings. The van der Waals surface area contributed by atoms with Crippen molar-refractivity contribution in [3.8, 4) is 23.1 Å². The van der Waals surface area contributed by atoms with Crippen molar-refractivity contribution in [2.45, 2.75) is 26.9 Å². The number of esters is 1. The summed E-state index contributed by atoms with van der Waals surface area (Å²) in [5.74, 6) is 0.923. The van der Waals surface area contributed by atoms with E-state index in [2.05, 4.69) is 37.0 Å². The molecule has 0 aliphatic heterocycles. The summed E-state index contributed by atoms with van der Waals surface area (Å²) in [6.45, 7) is 5.79. The first kappa shape index (κ1) is 28.6. The lowest BCUT2D eigenvalue weighted by molar-refractivity contribution is -0.150. The molecule has 0 spiro atoms. The van der Waals surface area contributed by atoms with E-state index in [0.717, 1.165) is 9.86 Å². The van der Waals surface area contributed by atoms with Crippen molar-refractivity contribution < 1.29 is 23.4 Å². The van der Waals surface area contributed by atoms with Gasteiger partial charge in [-0.3, -0.25) is 4.79 Å². The fraction of sp³-hybridized carbons (Fsp3) is 0.200. The molecule has 41 heavy (non-hydrogen) atoms. The molecule has 2 aromatic heterocycles. The third kappa shape index (κ3) is 6.06. The van der Waals surface area contributed by atoms with Crippen molar-refractivity contribution in [2.75, 3.05) is 13.2 Å². The van der Waals surface area contributed by atoms with E-state index < -0.39 is 12.1 Å². The summed E-state index contributed by atoms with van der Waals surface area (Å²) in [5, 5.41) is 5.81. The summed E-state index contributed by atoms with van der Waals surface area (Å²) in [6.07, 6.45) is 0.681. The van der Waals surface area contributed by atoms with E-state index in [1.807, 2.05) is 37.3 Å². The van der Waals surface area contributed by atoms with E-state index in [1.165, 1.54) is 10.9 Å². The van der Waals surface area contributed by atoms with Crippen LogP contribution in [0.5, 0.6) is 11.5 Å². The van der Waals surface area contributed by atoms with Gasteiger partial charge in [0.2, 0.25) is 5.82 Å². The van der Waals surface area contributed by atoms with Crippen LogP contribution in [0.1, 0.15) is 26.3 Å². The van der Waals surface area contributed by atoms with E-state index in [9.17, 15) is 9.59 Å². The zero-order valence-corrected chi connectivity index (χ0v) is 25.6. The molecule has 0 N–H and O–H groups in total. The molecule has 0 saturated carbocycles. The molecule has 0 saturated heterocycles. The molecule has 1 atom stereocenters. The first-order valence-electron chi connectivity index (χ1n) is 12.8. The number of furan rings is 1. The number of benzene rings is 3. The first-order chi connectivity index (χ1) is 19.8. The quantitative estimate of drug-likeness (QED) is 0.122. The summed E-state index contributed by atoms with van der Waals surface area (Å²) in [7, 11) is 0. The average Bonchev–Trinajstić information content (AvgIpc) is 3.37. The lowest BCUT2D eigenvalue weighted by Gasteiger charge is -2.17. The van der Waals surface area contributed by atoms with Crippen LogP contribution in [0.4, 0.5) is 0 Å². The number of ether oxygens (including phenoxy) is 3. The standard InChI is InChI=1S/C30H25Br2N3O6/c1-4-38-25-14-19(22(32)15-26(25)40-17(3)30(37)39-5-2)16-33-35-28(34-23-9-7-6-8-21(23)29(35)36)27-13-18-12-20(31)10-11-24(18)41-27/h6-17H,4-5H2,1-3H3/t17-/m1/s1. The van der Waals surface area contributed by atoms with Gasteiger partial charge in [0.05, 0.1) is 30.3 Å². The van der Waals surface area contributed by atoms with Crippen LogP contribution < -0.4 is 15.0 Å². The van der Waals surface area contributed by atoms with Gasteiger partial charge in [0, 0.05) is 19.9 Å². The minimum atomic E-state index is -0.838. The van der Waals surface area contributed by atoms with Crippen molar-refractivity contribution in [3.63, 3.8) is 0 Å². The summed E-state index contributed by atoms with van der Waals surface area (Å²) >= 11 is 7.03. The van der Waals surface area contributed by atoms with Crippen molar-refractivity contribution in [2.24, 2.45) is 5.10 Å². The Bertz CT molecular complexity index is 1850. The molecule has 5 rings (SSSR count). The van der Waals surface area contributed by atoms with Gasteiger partial charge in [0.25, 0.3) is 5.56 Å². The van der Waals surface area contributed by atoms with Crippen LogP contribution in [-0.2, 0) is 9.53 Å². The minimum Gasteiger partial charge on any atom is -0.490 e. The molecule has 5 aromatic rings. The topological polar surface area (TPSA) is 105 Å². The molecule has 0 fully saturated rings. The van der Waals surface area contributed by atoms with Crippen molar-refractivity contribution >= 4 is 65.9 Å². The molecule has 0 bridgehead atoms. The van der Waals surface area contributed by atoms with Crippen LogP contribution in [0.15, 0.2) is 83.9 Å². The highest BCUT2D eigenvalue weighted by Crippen LogP contribution is 2.34. The van der Waals surface area contributed by atoms with E-state index in [-0.39, 0.29) is 18.0 Å². The molecule has 9 nitrogen and oxygen atoms in total. The molecule has 0 radical (unpaired) electrons. The number of hydrogen-bond acceptors (Lipinski definition) is 8. The van der Waals surface area contributed by atoms with Crippen LogP contribution in [0.3, 0.4) is 0 Å². The highest BCUT2D eigenvalue weighted by Gasteiger charge is 2.20. The highest BCUT2D eigenvalue weighted by molar-refractivity contribution is 9.10. The van der Waals surface area contributed by atoms with Crippen LogP contribution in [-0.4, -0.2) is 41.2 Å². The minimum absolute atomic E-state index is 0.251. The Hall–Kier alpha value is -3.96. The third-order valence-electron chi connectivity index (χ3n) is 6.05. The van der Waals surface area contributed by atoms with Gasteiger partial charge in [0.15, 0.2) is 23.4 Å². The Morgan fingerprint density at radius 1 is 1.07 bits per heavy atom. The van der Waals surface area contributed by atoms with Gasteiger partial charge in [-0.05, 0) is 85.2 Å². The van der Waals surface area contributed by atoms with Gasteiger partial charge in [-0.15, -0.1) is 0 Å². The second-order valence-electron chi connectivity index (χ2n) is 8.87. The lowest BCUT2D eigenvalue weighted by atomic mass is 10.2. The molecular weight excluding hydrogens is 658 g/mol. The van der Waals surface area contributed by atoms with Gasteiger partial charge in [-0.25, -0.2) is 9.78 Å². The predicted octanol–water partition coefficient (Wildman–Crippen LogP) is 6.95. The monoisotopic (exact) mass is 681 g/mol. The maximum atomic E-state index is 13.6. The normalized spacial score (nSPS) is 12.2. The van der Waals surface area contributed by atoms with Crippen LogP contribution in [0.2, 0.25) is 0 Å². The zero-order chi connectivity index (χ0) is 29.1. The summed E-state index contributed by atoms with van der Waals surface area (Å²) in [5.41, 5.74) is 1.42. The van der Waals surface area contributed by atoms with E-state index in [1.54, 1.807) is 44.2 Å². The highest BCUT2D eigenvalue weighted by atomic mass is 79.9.